The summed E-state index contributed by atoms with van der Waals surface area (Å²) in [6, 6.07) is 0. The third-order valence-electron chi connectivity index (χ3n) is 0.925. The predicted molar refractivity (Wildman–Crippen MR) is 48.7 cm³/mol. The Labute approximate surface area is 75.9 Å². The number of aromatic nitrogens is 2. The Morgan fingerprint density at radius 1 is 1.75 bits per heavy atom. The van der Waals surface area contributed by atoms with Crippen molar-refractivity contribution in [3.8, 4) is 0 Å². The van der Waals surface area contributed by atoms with Crippen molar-refractivity contribution in [2.45, 2.75) is 6.42 Å². The Bertz CT molecular complexity index is 168. The highest BCUT2D eigenvalue weighted by Gasteiger charge is 1.93. The number of rotatable bonds is 3. The molecule has 1 aromatic heterocycles. The van der Waals surface area contributed by atoms with Crippen LogP contribution in [0.5, 0.6) is 0 Å². The van der Waals surface area contributed by atoms with Crippen LogP contribution in [0.2, 0.25) is 0 Å². The van der Waals surface area contributed by atoms with Gasteiger partial charge in [-0.1, -0.05) is 0 Å². The topological polar surface area (TPSA) is 73.1 Å². The number of nitrogens with one attached hydrogen (secondary N) is 1. The van der Waals surface area contributed by atoms with Gasteiger partial charge in [0.05, 0.1) is 6.61 Å². The van der Waals surface area contributed by atoms with E-state index in [9.17, 15) is 0 Å². The first-order chi connectivity index (χ1) is 5.85. The number of hydrogen-bond acceptors (Lipinski definition) is 6. The van der Waals surface area contributed by atoms with Gasteiger partial charge in [-0.3, -0.25) is 11.3 Å². The van der Waals surface area contributed by atoms with E-state index in [0.29, 0.717) is 0 Å². The fourth-order valence-electron chi connectivity index (χ4n) is 0.494. The molecule has 6 heteroatoms. The summed E-state index contributed by atoms with van der Waals surface area (Å²) in [5.74, 6) is 4.60. The van der Waals surface area contributed by atoms with Gasteiger partial charge in [0.25, 0.3) is 0 Å². The quantitative estimate of drug-likeness (QED) is 0.510. The number of nitrogens with zero attached hydrogens (tertiary/aromatic N) is 2. The molecule has 0 aliphatic carbocycles. The molecule has 0 aliphatic rings. The number of methoxy groups -OCH3 is 1. The summed E-state index contributed by atoms with van der Waals surface area (Å²) in [5.41, 5.74) is 3.98. The molecule has 0 fully saturated rings. The highest BCUT2D eigenvalue weighted by atomic mass is 32.1. The minimum absolute atomic E-state index is 0.731. The lowest BCUT2D eigenvalue weighted by atomic mass is 10.5. The zero-order valence-electron chi connectivity index (χ0n) is 7.28. The van der Waals surface area contributed by atoms with Gasteiger partial charge in [0.2, 0.25) is 0 Å². The van der Waals surface area contributed by atoms with Gasteiger partial charge in [0.15, 0.2) is 0 Å². The number of hydrazine groups is 1. The molecule has 0 saturated carbocycles. The van der Waals surface area contributed by atoms with Crippen LogP contribution in [0.4, 0.5) is 0 Å². The van der Waals surface area contributed by atoms with Gasteiger partial charge in [0.1, 0.15) is 10.5 Å². The minimum atomic E-state index is 0.731. The lowest BCUT2D eigenvalue weighted by Gasteiger charge is -1.90. The molecule has 0 spiro atoms. The molecule has 3 N–H and O–H groups in total. The van der Waals surface area contributed by atoms with Crippen LogP contribution < -0.4 is 11.3 Å². The number of hydrogen-bond donors (Lipinski definition) is 2. The lowest BCUT2D eigenvalue weighted by molar-refractivity contribution is 0.202. The fourth-order valence-corrected chi connectivity index (χ4v) is 1.01. The van der Waals surface area contributed by atoms with Crippen LogP contribution in [0, 0.1) is 0 Å². The van der Waals surface area contributed by atoms with Gasteiger partial charge in [-0.05, 0) is 7.05 Å². The van der Waals surface area contributed by atoms with Crippen molar-refractivity contribution in [3.63, 3.8) is 0 Å². The third kappa shape index (κ3) is 6.17. The summed E-state index contributed by atoms with van der Waals surface area (Å²) >= 11 is 1.56. The fraction of sp³-hybridized carbons (Fsp3) is 0.667. The highest BCUT2D eigenvalue weighted by molar-refractivity contribution is 7.09. The van der Waals surface area contributed by atoms with Crippen molar-refractivity contribution in [3.05, 3.63) is 10.5 Å². The van der Waals surface area contributed by atoms with Crippen LogP contribution in [-0.4, -0.2) is 31.0 Å². The monoisotopic (exact) mass is 190 g/mol. The Balaban J connectivity index is 0.000000354. The van der Waals surface area contributed by atoms with Gasteiger partial charge in [-0.15, -0.1) is 21.5 Å². The molecule has 12 heavy (non-hydrogen) atoms. The Morgan fingerprint density at radius 3 is 2.83 bits per heavy atom. The second-order valence-electron chi connectivity index (χ2n) is 1.86. The predicted octanol–water partition coefficient (Wildman–Crippen LogP) is -0.193. The van der Waals surface area contributed by atoms with Crippen molar-refractivity contribution in [2.24, 2.45) is 5.84 Å². The van der Waals surface area contributed by atoms with Crippen molar-refractivity contribution in [1.29, 1.82) is 0 Å². The third-order valence-corrected chi connectivity index (χ3v) is 1.68. The summed E-state index contributed by atoms with van der Waals surface area (Å²) in [4.78, 5) is 0. The van der Waals surface area contributed by atoms with Crippen molar-refractivity contribution in [1.82, 2.24) is 15.6 Å². The maximum atomic E-state index is 4.85. The smallest absolute Gasteiger partial charge is 0.119 e. The molecule has 5 nitrogen and oxygen atoms in total. The molecule has 0 atom stereocenters. The first-order valence-corrected chi connectivity index (χ1v) is 4.34. The maximum Gasteiger partial charge on any atom is 0.119 e. The Hall–Kier alpha value is -0.560. The molecule has 0 saturated heterocycles. The summed E-state index contributed by atoms with van der Waals surface area (Å²) in [7, 11) is 3.33. The molecule has 1 heterocycles. The van der Waals surface area contributed by atoms with Crippen LogP contribution in [-0.2, 0) is 11.2 Å². The Morgan fingerprint density at radius 2 is 2.42 bits per heavy atom. The summed E-state index contributed by atoms with van der Waals surface area (Å²) in [6.07, 6.45) is 0.876. The molecule has 0 aliphatic heterocycles. The highest BCUT2D eigenvalue weighted by Crippen LogP contribution is 2.00. The van der Waals surface area contributed by atoms with Gasteiger partial charge in [-0.25, -0.2) is 0 Å². The first kappa shape index (κ1) is 11.4. The van der Waals surface area contributed by atoms with E-state index < -0.39 is 0 Å². The van der Waals surface area contributed by atoms with Gasteiger partial charge in [0, 0.05) is 13.5 Å². The molecule has 0 bridgehead atoms. The van der Waals surface area contributed by atoms with Crippen LogP contribution in [0.25, 0.3) is 0 Å². The second kappa shape index (κ2) is 8.54. The molecular formula is C6H14N4OS. The van der Waals surface area contributed by atoms with Crippen LogP contribution in [0.15, 0.2) is 5.51 Å². The first-order valence-electron chi connectivity index (χ1n) is 3.46. The largest absolute Gasteiger partial charge is 0.384 e. The van der Waals surface area contributed by atoms with Crippen molar-refractivity contribution in [2.75, 3.05) is 20.8 Å². The molecule has 70 valence electrons. The summed E-state index contributed by atoms with van der Waals surface area (Å²) in [5, 5.41) is 8.57. The van der Waals surface area contributed by atoms with Crippen LogP contribution in [0.3, 0.4) is 0 Å². The van der Waals surface area contributed by atoms with E-state index in [1.807, 2.05) is 0 Å². The molecular weight excluding hydrogens is 176 g/mol. The minimum Gasteiger partial charge on any atom is -0.384 e. The van der Waals surface area contributed by atoms with Crippen LogP contribution >= 0.6 is 11.3 Å². The Kier molecular flexibility index (Phi) is 8.14. The van der Waals surface area contributed by atoms with E-state index in [-0.39, 0.29) is 0 Å². The van der Waals surface area contributed by atoms with E-state index in [0.717, 1.165) is 18.0 Å². The average Bonchev–Trinajstić information content (AvgIpc) is 2.54. The number of nitrogens with two attached hydrogens (primary N) is 1. The second-order valence-corrected chi connectivity index (χ2v) is 2.78. The van der Waals surface area contributed by atoms with Crippen molar-refractivity contribution < 1.29 is 4.74 Å². The number of ether oxygens (including phenoxy) is 1. The average molecular weight is 190 g/mol. The molecule has 1 aromatic rings. The molecule has 0 aromatic carbocycles. The SMILES string of the molecule is CNN.COCCc1nncs1. The van der Waals surface area contributed by atoms with Gasteiger partial charge in [-0.2, -0.15) is 0 Å². The maximum absolute atomic E-state index is 4.85. The molecule has 0 unspecified atom stereocenters. The van der Waals surface area contributed by atoms with E-state index in [2.05, 4.69) is 21.5 Å². The normalized spacial score (nSPS) is 8.92. The summed E-state index contributed by atoms with van der Waals surface area (Å²) < 4.78 is 4.85. The van der Waals surface area contributed by atoms with E-state index in [1.165, 1.54) is 0 Å². The van der Waals surface area contributed by atoms with E-state index in [4.69, 9.17) is 4.74 Å². The van der Waals surface area contributed by atoms with Crippen LogP contribution in [0.1, 0.15) is 5.01 Å². The standard InChI is InChI=1S/C5H8N2OS.CH6N2/c1-8-3-2-5-7-6-4-9-5;1-3-2/h4H,2-3H2,1H3;3H,2H2,1H3. The zero-order chi connectivity index (χ0) is 9.23. The van der Waals surface area contributed by atoms with Gasteiger partial charge < -0.3 is 4.74 Å². The summed E-state index contributed by atoms with van der Waals surface area (Å²) in [6.45, 7) is 0.731. The lowest BCUT2D eigenvalue weighted by Crippen LogP contribution is -2.13. The van der Waals surface area contributed by atoms with E-state index in [1.54, 1.807) is 31.0 Å². The molecule has 0 radical (unpaired) electrons. The molecule has 0 amide bonds. The van der Waals surface area contributed by atoms with E-state index >= 15 is 0 Å². The zero-order valence-corrected chi connectivity index (χ0v) is 8.10. The molecule has 1 rings (SSSR count). The van der Waals surface area contributed by atoms with Gasteiger partial charge >= 0.3 is 0 Å². The van der Waals surface area contributed by atoms with Crippen molar-refractivity contribution >= 4 is 11.3 Å².